The summed E-state index contributed by atoms with van der Waals surface area (Å²) in [5.41, 5.74) is 4.92. The number of aryl methyl sites for hydroxylation is 1. The number of aliphatic hydroxyl groups excluding tert-OH is 4. The second-order valence-electron chi connectivity index (χ2n) is 10.4. The summed E-state index contributed by atoms with van der Waals surface area (Å²) in [6, 6.07) is 2.38. The Bertz CT molecular complexity index is 1330. The number of methoxy groups -OCH3 is 1. The minimum atomic E-state index is -1.88. The molecule has 1 aliphatic carbocycles. The van der Waals surface area contributed by atoms with Gasteiger partial charge in [-0.1, -0.05) is 12.2 Å². The number of phenols is 1. The molecule has 0 aromatic heterocycles. The molecular formula is C28H35NO11. The van der Waals surface area contributed by atoms with E-state index in [0.29, 0.717) is 22.8 Å². The number of fused-ring (bicyclic) bond motifs is 1. The molecule has 0 bridgehead atoms. The summed E-state index contributed by atoms with van der Waals surface area (Å²) in [4.78, 5) is 23.5. The third kappa shape index (κ3) is 5.07. The largest absolute Gasteiger partial charge is 0.506 e. The highest BCUT2D eigenvalue weighted by Crippen LogP contribution is 2.45. The maximum Gasteiger partial charge on any atom is 0.229 e. The van der Waals surface area contributed by atoms with Crippen molar-refractivity contribution in [2.24, 2.45) is 11.7 Å². The first-order valence-electron chi connectivity index (χ1n) is 12.8. The summed E-state index contributed by atoms with van der Waals surface area (Å²) in [6.07, 6.45) is -5.13. The van der Waals surface area contributed by atoms with E-state index >= 15 is 0 Å². The summed E-state index contributed by atoms with van der Waals surface area (Å²) in [5, 5.41) is 65.2. The summed E-state index contributed by atoms with van der Waals surface area (Å²) >= 11 is 0. The van der Waals surface area contributed by atoms with E-state index < -0.39 is 66.4 Å². The average Bonchev–Trinajstić information content (AvgIpc) is 2.90. The first-order valence-corrected chi connectivity index (χ1v) is 12.8. The number of aliphatic hydroxyl groups is 5. The van der Waals surface area contributed by atoms with E-state index in [-0.39, 0.29) is 35.3 Å². The molecule has 1 aliphatic heterocycles. The van der Waals surface area contributed by atoms with Crippen LogP contribution in [0.1, 0.15) is 41.3 Å². The monoisotopic (exact) mass is 561 g/mol. The molecule has 4 rings (SSSR count). The van der Waals surface area contributed by atoms with Crippen LogP contribution in [0.3, 0.4) is 0 Å². The summed E-state index contributed by atoms with van der Waals surface area (Å²) in [6.45, 7) is 2.43. The van der Waals surface area contributed by atoms with Crippen molar-refractivity contribution in [3.63, 3.8) is 0 Å². The number of carbonyl (C=O) groups is 2. The molecule has 1 saturated heterocycles. The molecule has 0 saturated carbocycles. The number of hydrogen-bond acceptors (Lipinski definition) is 12. The molecule has 12 heteroatoms. The van der Waals surface area contributed by atoms with Crippen molar-refractivity contribution in [2.75, 3.05) is 7.11 Å². The first kappa shape index (κ1) is 29.9. The molecule has 0 amide bonds. The number of carbonyl (C=O) groups excluding carboxylic acids is 2. The fourth-order valence-corrected chi connectivity index (χ4v) is 5.70. The van der Waals surface area contributed by atoms with Crippen molar-refractivity contribution in [2.45, 2.75) is 75.6 Å². The zero-order valence-corrected chi connectivity index (χ0v) is 22.4. The molecule has 40 heavy (non-hydrogen) atoms. The third-order valence-corrected chi connectivity index (χ3v) is 7.80. The van der Waals surface area contributed by atoms with Gasteiger partial charge in [0.05, 0.1) is 24.7 Å². The Hall–Kier alpha value is -3.10. The molecule has 0 unspecified atom stereocenters. The Kier molecular flexibility index (Phi) is 8.52. The second kappa shape index (κ2) is 11.4. The SMILES string of the molecule is COc1cc(O[C@@H]2O[C@H]([C@@]3(O)C=C[C@H](N)[C@H](CC=O)C3)[C@@H](O)[C@H](O)[C@H]2O)c2c(O)c(C(C)=O)c(C)cc2c1CO. The Balaban J connectivity index is 1.80. The topological polar surface area (TPSA) is 209 Å². The maximum atomic E-state index is 12.3. The van der Waals surface area contributed by atoms with Crippen LogP contribution in [0.4, 0.5) is 0 Å². The van der Waals surface area contributed by atoms with E-state index in [4.69, 9.17) is 19.9 Å². The van der Waals surface area contributed by atoms with Gasteiger partial charge < -0.3 is 55.4 Å². The standard InChI is InChI=1S/C28H35NO11/c1-12-8-15-16(11-31)18(38-3)9-19(21(15)22(33)20(12)13(2)32)39-27-25(36)23(34)24(35)26(40-27)28(37)6-4-17(29)14(10-28)5-7-30/h4,6-9,14,17,23-27,31,33-37H,5,10-11,29H2,1-3H3/t14-,17+,23+,24+,25-,26+,27-,28-/m1/s1. The smallest absolute Gasteiger partial charge is 0.229 e. The average molecular weight is 562 g/mol. The summed E-state index contributed by atoms with van der Waals surface area (Å²) in [5.74, 6) is -1.29. The summed E-state index contributed by atoms with van der Waals surface area (Å²) < 4.78 is 17.2. The minimum Gasteiger partial charge on any atom is -0.506 e. The van der Waals surface area contributed by atoms with Crippen LogP contribution in [0, 0.1) is 12.8 Å². The number of ether oxygens (including phenoxy) is 3. The minimum absolute atomic E-state index is 0.0157. The number of rotatable bonds is 8. The van der Waals surface area contributed by atoms with Crippen LogP contribution in [0.5, 0.6) is 17.2 Å². The molecule has 2 aliphatic rings. The number of phenolic OH excluding ortho intramolecular Hbond substituents is 1. The molecule has 1 fully saturated rings. The highest BCUT2D eigenvalue weighted by atomic mass is 16.7. The molecule has 2 aromatic rings. The molecule has 0 radical (unpaired) electrons. The highest BCUT2D eigenvalue weighted by molar-refractivity contribution is 6.08. The highest BCUT2D eigenvalue weighted by Gasteiger charge is 2.54. The Morgan fingerprint density at radius 2 is 1.90 bits per heavy atom. The van der Waals surface area contributed by atoms with Crippen molar-refractivity contribution >= 4 is 22.8 Å². The lowest BCUT2D eigenvalue weighted by Crippen LogP contribution is -2.66. The molecule has 2 aromatic carbocycles. The normalized spacial score (nSPS) is 32.2. The van der Waals surface area contributed by atoms with Gasteiger partial charge in [-0.3, -0.25) is 4.79 Å². The zero-order chi connectivity index (χ0) is 29.5. The van der Waals surface area contributed by atoms with Crippen LogP contribution in [0.25, 0.3) is 10.8 Å². The van der Waals surface area contributed by atoms with E-state index in [0.717, 1.165) is 0 Å². The van der Waals surface area contributed by atoms with Gasteiger partial charge in [0.2, 0.25) is 6.29 Å². The van der Waals surface area contributed by atoms with Crippen molar-refractivity contribution in [1.29, 1.82) is 0 Å². The van der Waals surface area contributed by atoms with E-state index in [9.17, 15) is 40.2 Å². The van der Waals surface area contributed by atoms with Crippen LogP contribution >= 0.6 is 0 Å². The van der Waals surface area contributed by atoms with Gasteiger partial charge in [0.15, 0.2) is 5.78 Å². The number of aldehydes is 1. The number of Topliss-reactive ketones (excluding diaryl/α,β-unsaturated/α-hetero) is 1. The quantitative estimate of drug-likeness (QED) is 0.129. The predicted octanol–water partition coefficient (Wildman–Crippen LogP) is -0.0328. The van der Waals surface area contributed by atoms with Crippen LogP contribution in [0.15, 0.2) is 24.3 Å². The van der Waals surface area contributed by atoms with Gasteiger partial charge in [0.25, 0.3) is 0 Å². The Labute approximate surface area is 230 Å². The van der Waals surface area contributed by atoms with Gasteiger partial charge in [-0.2, -0.15) is 0 Å². The molecular weight excluding hydrogens is 526 g/mol. The number of benzene rings is 2. The predicted molar refractivity (Wildman–Crippen MR) is 141 cm³/mol. The Morgan fingerprint density at radius 3 is 2.50 bits per heavy atom. The van der Waals surface area contributed by atoms with Crippen molar-refractivity contribution in [3.8, 4) is 17.2 Å². The molecule has 12 nitrogen and oxygen atoms in total. The first-order chi connectivity index (χ1) is 18.9. The second-order valence-corrected chi connectivity index (χ2v) is 10.4. The van der Waals surface area contributed by atoms with Crippen LogP contribution in [0.2, 0.25) is 0 Å². The van der Waals surface area contributed by atoms with E-state index in [1.807, 2.05) is 0 Å². The van der Waals surface area contributed by atoms with Crippen LogP contribution in [-0.2, 0) is 16.1 Å². The van der Waals surface area contributed by atoms with Gasteiger partial charge in [0.1, 0.15) is 53.6 Å². The van der Waals surface area contributed by atoms with Crippen molar-refractivity contribution in [1.82, 2.24) is 0 Å². The number of hydrogen-bond donors (Lipinski definition) is 7. The van der Waals surface area contributed by atoms with Gasteiger partial charge in [-0.05, 0) is 43.2 Å². The molecule has 1 heterocycles. The lowest BCUT2D eigenvalue weighted by molar-refractivity contribution is -0.300. The molecule has 0 spiro atoms. The fourth-order valence-electron chi connectivity index (χ4n) is 5.70. The van der Waals surface area contributed by atoms with Crippen molar-refractivity contribution < 1.29 is 54.4 Å². The lowest BCUT2D eigenvalue weighted by atomic mass is 9.73. The van der Waals surface area contributed by atoms with Crippen LogP contribution < -0.4 is 15.2 Å². The van der Waals surface area contributed by atoms with E-state index in [1.54, 1.807) is 13.0 Å². The number of nitrogens with two attached hydrogens (primary N) is 1. The van der Waals surface area contributed by atoms with Crippen LogP contribution in [-0.4, -0.2) is 92.2 Å². The van der Waals surface area contributed by atoms with Crippen molar-refractivity contribution in [3.05, 3.63) is 41.0 Å². The molecule has 218 valence electrons. The van der Waals surface area contributed by atoms with Gasteiger partial charge in [-0.15, -0.1) is 0 Å². The number of aromatic hydroxyl groups is 1. The lowest BCUT2D eigenvalue weighted by Gasteiger charge is -2.48. The van der Waals surface area contributed by atoms with E-state index in [2.05, 4.69) is 0 Å². The van der Waals surface area contributed by atoms with E-state index in [1.165, 1.54) is 32.3 Å². The fraction of sp³-hybridized carbons (Fsp3) is 0.500. The zero-order valence-electron chi connectivity index (χ0n) is 22.4. The van der Waals surface area contributed by atoms with Gasteiger partial charge in [-0.25, -0.2) is 0 Å². The molecule has 8 N–H and O–H groups in total. The van der Waals surface area contributed by atoms with Gasteiger partial charge in [0, 0.05) is 24.1 Å². The third-order valence-electron chi connectivity index (χ3n) is 7.80. The van der Waals surface area contributed by atoms with Gasteiger partial charge >= 0.3 is 0 Å². The molecule has 8 atom stereocenters. The number of ketones is 1. The summed E-state index contributed by atoms with van der Waals surface area (Å²) in [7, 11) is 1.36. The maximum absolute atomic E-state index is 12.3. The Morgan fingerprint density at radius 1 is 1.20 bits per heavy atom.